The maximum atomic E-state index is 12.8. The Morgan fingerprint density at radius 1 is 0.426 bits per heavy atom. The van der Waals surface area contributed by atoms with E-state index in [9.17, 15) is 28.9 Å². The lowest BCUT2D eigenvalue weighted by Gasteiger charge is -2.21. The maximum absolute atomic E-state index is 12.8. The van der Waals surface area contributed by atoms with Gasteiger partial charge in [-0.05, 0) is 83.5 Å². The number of allylic oxidation sites excluding steroid dienone is 12. The van der Waals surface area contributed by atoms with Crippen LogP contribution in [-0.4, -0.2) is 66.5 Å². The van der Waals surface area contributed by atoms with E-state index in [0.29, 0.717) is 19.3 Å². The zero-order valence-corrected chi connectivity index (χ0v) is 43.9. The molecule has 3 atom stereocenters. The van der Waals surface area contributed by atoms with Crippen molar-refractivity contribution in [1.29, 1.82) is 0 Å². The number of phosphoric ester groups is 1. The minimum Gasteiger partial charge on any atom is -0.462 e. The number of ether oxygens (including phenoxy) is 3. The van der Waals surface area contributed by atoms with Crippen molar-refractivity contribution in [2.75, 3.05) is 26.4 Å². The topological polar surface area (TPSA) is 155 Å². The molecule has 0 fully saturated rings. The largest absolute Gasteiger partial charge is 0.472 e. The van der Waals surface area contributed by atoms with Crippen molar-refractivity contribution in [1.82, 2.24) is 0 Å². The third-order valence-electron chi connectivity index (χ3n) is 11.1. The lowest BCUT2D eigenvalue weighted by molar-refractivity contribution is -0.161. The summed E-state index contributed by atoms with van der Waals surface area (Å²) in [6.45, 7) is 4.42. The molecule has 0 radical (unpaired) electrons. The van der Waals surface area contributed by atoms with Gasteiger partial charge in [0, 0.05) is 19.3 Å². The number of hydrogen-bond acceptors (Lipinski definition) is 10. The number of carbonyl (C=O) groups is 3. The van der Waals surface area contributed by atoms with Crippen molar-refractivity contribution in [2.45, 2.75) is 238 Å². The van der Waals surface area contributed by atoms with Crippen LogP contribution in [0.3, 0.4) is 0 Å². The van der Waals surface area contributed by atoms with E-state index in [0.717, 1.165) is 109 Å². The molecule has 0 aromatic heterocycles. The van der Waals surface area contributed by atoms with Gasteiger partial charge in [-0.2, -0.15) is 0 Å². The van der Waals surface area contributed by atoms with E-state index in [-0.39, 0.29) is 25.9 Å². The molecule has 0 amide bonds. The first-order chi connectivity index (χ1) is 33.2. The fourth-order valence-corrected chi connectivity index (χ4v) is 7.79. The predicted molar refractivity (Wildman–Crippen MR) is 279 cm³/mol. The highest BCUT2D eigenvalue weighted by atomic mass is 31.2. The van der Waals surface area contributed by atoms with E-state index >= 15 is 0 Å². The summed E-state index contributed by atoms with van der Waals surface area (Å²) < 4.78 is 39.3. The van der Waals surface area contributed by atoms with Gasteiger partial charge in [0.25, 0.3) is 0 Å². The van der Waals surface area contributed by atoms with Gasteiger partial charge in [0.1, 0.15) is 12.7 Å². The molecular formula is C56H97O11P. The first kappa shape index (κ1) is 64.9. The number of esters is 3. The van der Waals surface area contributed by atoms with E-state index in [1.165, 1.54) is 57.8 Å². The number of unbranched alkanes of at least 4 members (excludes halogenated alkanes) is 20. The number of hydrogen-bond donors (Lipinski definition) is 2. The Bertz CT molecular complexity index is 1420. The van der Waals surface area contributed by atoms with Crippen LogP contribution in [0.15, 0.2) is 72.9 Å². The molecule has 0 spiro atoms. The van der Waals surface area contributed by atoms with E-state index < -0.39 is 57.8 Å². The van der Waals surface area contributed by atoms with Gasteiger partial charge in [-0.15, -0.1) is 0 Å². The minimum atomic E-state index is -4.75. The first-order valence-electron chi connectivity index (χ1n) is 26.8. The standard InChI is InChI=1S/C56H97O11P/c1-4-7-10-13-16-19-22-23-24-25-26-27-28-29-32-33-36-39-42-45-54(58)63-49-53(67-56(60)47-44-41-38-35-31-21-18-15-12-9-6-3)51-65-68(61,62)64-50-52(48-57)66-55(59)46-43-40-37-34-30-20-17-14-11-8-5-2/h7,10,15-16,18-19,23-24,26-27,29,32,52-53,57H,4-6,8-9,11-14,17,20-22,25,28,30-31,33-51H2,1-3H3,(H,61,62)/b10-7-,18-15-,19-16-,24-23-,27-26-,32-29-. The highest BCUT2D eigenvalue weighted by molar-refractivity contribution is 7.47. The van der Waals surface area contributed by atoms with Crippen LogP contribution >= 0.6 is 7.82 Å². The van der Waals surface area contributed by atoms with Gasteiger partial charge in [-0.25, -0.2) is 4.57 Å². The summed E-state index contributed by atoms with van der Waals surface area (Å²) in [6.07, 6.45) is 54.4. The summed E-state index contributed by atoms with van der Waals surface area (Å²) in [7, 11) is -4.75. The quantitative estimate of drug-likeness (QED) is 0.0197. The second-order valence-corrected chi connectivity index (χ2v) is 19.1. The Balaban J connectivity index is 4.76. The average molecular weight is 977 g/mol. The molecule has 11 nitrogen and oxygen atoms in total. The molecule has 12 heteroatoms. The summed E-state index contributed by atoms with van der Waals surface area (Å²) in [4.78, 5) is 48.3. The van der Waals surface area contributed by atoms with Crippen LogP contribution in [0.4, 0.5) is 0 Å². The van der Waals surface area contributed by atoms with Crippen LogP contribution in [0, 0.1) is 0 Å². The smallest absolute Gasteiger partial charge is 0.462 e. The van der Waals surface area contributed by atoms with Crippen molar-refractivity contribution in [3.8, 4) is 0 Å². The van der Waals surface area contributed by atoms with Crippen molar-refractivity contribution >= 4 is 25.7 Å². The Kier molecular flexibility index (Phi) is 48.0. The molecule has 0 rings (SSSR count). The lowest BCUT2D eigenvalue weighted by Crippen LogP contribution is -2.30. The molecular weight excluding hydrogens is 880 g/mol. The molecule has 0 bridgehead atoms. The number of carbonyl (C=O) groups excluding carboxylic acids is 3. The van der Waals surface area contributed by atoms with Crippen molar-refractivity contribution < 1.29 is 52.2 Å². The van der Waals surface area contributed by atoms with E-state index in [1.54, 1.807) is 0 Å². The second-order valence-electron chi connectivity index (χ2n) is 17.7. The van der Waals surface area contributed by atoms with Gasteiger partial charge >= 0.3 is 25.7 Å². The fourth-order valence-electron chi connectivity index (χ4n) is 7.01. The molecule has 0 aliphatic carbocycles. The van der Waals surface area contributed by atoms with Crippen molar-refractivity contribution in [3.05, 3.63) is 72.9 Å². The monoisotopic (exact) mass is 977 g/mol. The normalized spacial score (nSPS) is 14.0. The molecule has 0 saturated carbocycles. The maximum Gasteiger partial charge on any atom is 0.472 e. The SMILES string of the molecule is CC/C=C\C/C=C\C/C=C\C/C=C\C/C=C\CCCCCC(=O)OCC(COP(=O)(O)OCC(CO)OC(=O)CCCCCCCCCCCCC)OC(=O)CCCCCCC/C=C\CCCC. The lowest BCUT2D eigenvalue weighted by atomic mass is 10.1. The highest BCUT2D eigenvalue weighted by Gasteiger charge is 2.28. The van der Waals surface area contributed by atoms with Gasteiger partial charge in [-0.1, -0.05) is 196 Å². The van der Waals surface area contributed by atoms with Crippen LogP contribution in [0.2, 0.25) is 0 Å². The highest BCUT2D eigenvalue weighted by Crippen LogP contribution is 2.43. The van der Waals surface area contributed by atoms with Crippen LogP contribution in [0.25, 0.3) is 0 Å². The predicted octanol–water partition coefficient (Wildman–Crippen LogP) is 15.4. The Labute approximate surface area is 414 Å². The van der Waals surface area contributed by atoms with Gasteiger partial charge in [0.15, 0.2) is 6.10 Å². The number of rotatable bonds is 49. The van der Waals surface area contributed by atoms with Crippen LogP contribution in [-0.2, 0) is 42.2 Å². The molecule has 0 aliphatic rings. The van der Waals surface area contributed by atoms with E-state index in [4.69, 9.17) is 23.3 Å². The van der Waals surface area contributed by atoms with Crippen LogP contribution in [0.1, 0.15) is 226 Å². The Morgan fingerprint density at radius 2 is 0.779 bits per heavy atom. The summed E-state index contributed by atoms with van der Waals surface area (Å²) in [5.41, 5.74) is 0. The van der Waals surface area contributed by atoms with Gasteiger partial charge < -0.3 is 24.2 Å². The zero-order chi connectivity index (χ0) is 49.9. The van der Waals surface area contributed by atoms with E-state index in [1.807, 2.05) is 0 Å². The Hall–Kier alpha value is -3.08. The molecule has 2 N–H and O–H groups in total. The zero-order valence-electron chi connectivity index (χ0n) is 43.1. The third-order valence-corrected chi connectivity index (χ3v) is 12.1. The van der Waals surface area contributed by atoms with Crippen LogP contribution in [0.5, 0.6) is 0 Å². The fraction of sp³-hybridized carbons (Fsp3) is 0.732. The summed E-state index contributed by atoms with van der Waals surface area (Å²) in [5, 5.41) is 9.76. The molecule has 392 valence electrons. The molecule has 0 heterocycles. The van der Waals surface area contributed by atoms with Crippen LogP contribution < -0.4 is 0 Å². The molecule has 3 unspecified atom stereocenters. The second kappa shape index (κ2) is 50.3. The number of aliphatic hydroxyl groups is 1. The molecule has 0 saturated heterocycles. The first-order valence-corrected chi connectivity index (χ1v) is 28.3. The summed E-state index contributed by atoms with van der Waals surface area (Å²) in [5.74, 6) is -1.51. The summed E-state index contributed by atoms with van der Waals surface area (Å²) in [6, 6.07) is 0. The summed E-state index contributed by atoms with van der Waals surface area (Å²) >= 11 is 0. The van der Waals surface area contributed by atoms with Crippen molar-refractivity contribution in [3.63, 3.8) is 0 Å². The van der Waals surface area contributed by atoms with E-state index in [2.05, 4.69) is 93.7 Å². The van der Waals surface area contributed by atoms with Gasteiger partial charge in [0.05, 0.1) is 19.8 Å². The van der Waals surface area contributed by atoms with Crippen molar-refractivity contribution in [2.24, 2.45) is 0 Å². The minimum absolute atomic E-state index is 0.148. The molecule has 0 aliphatic heterocycles. The molecule has 0 aromatic carbocycles. The van der Waals surface area contributed by atoms with Gasteiger partial charge in [0.2, 0.25) is 0 Å². The number of phosphoric acid groups is 1. The number of aliphatic hydroxyl groups excluding tert-OH is 1. The third kappa shape index (κ3) is 48.0. The van der Waals surface area contributed by atoms with Gasteiger partial charge in [-0.3, -0.25) is 23.4 Å². The Morgan fingerprint density at radius 3 is 1.25 bits per heavy atom. The molecule has 0 aromatic rings. The molecule has 68 heavy (non-hydrogen) atoms. The average Bonchev–Trinajstić information content (AvgIpc) is 3.32.